The highest BCUT2D eigenvalue weighted by Crippen LogP contribution is 2.57. The minimum Gasteiger partial charge on any atom is -0.252 e. The summed E-state index contributed by atoms with van der Waals surface area (Å²) in [6, 6.07) is 0. The number of rotatable bonds is 4. The van der Waals surface area contributed by atoms with E-state index in [9.17, 15) is 0 Å². The Morgan fingerprint density at radius 1 is 0.867 bits per heavy atom. The molecule has 0 saturated carbocycles. The predicted molar refractivity (Wildman–Crippen MR) is 74.2 cm³/mol. The smallest absolute Gasteiger partial charge is 0.167 e. The molecule has 0 aromatic rings. The second-order valence-corrected chi connectivity index (χ2v) is 9.92. The Hall–Kier alpha value is 0.540. The van der Waals surface area contributed by atoms with Crippen molar-refractivity contribution >= 4 is 16.7 Å². The average molecular weight is 252 g/mol. The van der Waals surface area contributed by atoms with Crippen molar-refractivity contribution in [2.75, 3.05) is 42.3 Å². The predicted octanol–water partition coefficient (Wildman–Crippen LogP) is 2.23. The Kier molecular flexibility index (Phi) is 5.44. The molecule has 0 N–H and O–H groups in total. The summed E-state index contributed by atoms with van der Waals surface area (Å²) < 4.78 is 11.7. The lowest BCUT2D eigenvalue weighted by Crippen LogP contribution is -2.32. The van der Waals surface area contributed by atoms with Crippen molar-refractivity contribution in [2.24, 2.45) is 4.74 Å². The molecule has 0 bridgehead atoms. The minimum atomic E-state index is -1.73. The van der Waals surface area contributed by atoms with Crippen LogP contribution in [-0.2, 0) is 0 Å². The van der Waals surface area contributed by atoms with Gasteiger partial charge in [0.15, 0.2) is 7.51 Å². The van der Waals surface area contributed by atoms with Gasteiger partial charge in [-0.2, -0.15) is 0 Å². The number of hydrogen-bond donors (Lipinski definition) is 0. The van der Waals surface area contributed by atoms with Gasteiger partial charge in [0.2, 0.25) is 0 Å². The van der Waals surface area contributed by atoms with Crippen LogP contribution < -0.4 is 0 Å². The van der Waals surface area contributed by atoms with Crippen molar-refractivity contribution < 1.29 is 0 Å². The Balaban J connectivity index is 5.65. The molecular weight excluding hydrogens is 226 g/mol. The second kappa shape index (κ2) is 5.25. The van der Waals surface area contributed by atoms with Gasteiger partial charge in [-0.3, -0.25) is 18.8 Å². The largest absolute Gasteiger partial charge is 0.252 e. The first-order valence-corrected chi connectivity index (χ1v) is 7.17. The van der Waals surface area contributed by atoms with Gasteiger partial charge in [0.1, 0.15) is 0 Å². The van der Waals surface area contributed by atoms with Crippen molar-refractivity contribution in [1.29, 1.82) is 0 Å². The van der Waals surface area contributed by atoms with Crippen LogP contribution in [-0.4, -0.2) is 61.6 Å². The fourth-order valence-electron chi connectivity index (χ4n) is 1.69. The molecule has 0 fully saturated rings. The van der Waals surface area contributed by atoms with E-state index >= 15 is 0 Å². The standard InChI is InChI=1S/C9H26N4P2/c1-9(2,14)10-15(11(3)4,12(5)6)13(7)8/h14H2,1-8H3. The van der Waals surface area contributed by atoms with Crippen LogP contribution in [0.5, 0.6) is 0 Å². The summed E-state index contributed by atoms with van der Waals surface area (Å²) in [4.78, 5) is 0. The maximum absolute atomic E-state index is 4.99. The van der Waals surface area contributed by atoms with Crippen LogP contribution in [0, 0.1) is 0 Å². The summed E-state index contributed by atoms with van der Waals surface area (Å²) in [6.45, 7) is 4.23. The molecule has 0 aromatic carbocycles. The van der Waals surface area contributed by atoms with Gasteiger partial charge < -0.3 is 0 Å². The van der Waals surface area contributed by atoms with E-state index < -0.39 is 7.51 Å². The van der Waals surface area contributed by atoms with E-state index in [1.54, 1.807) is 0 Å². The first-order valence-electron chi connectivity index (χ1n) is 5.00. The van der Waals surface area contributed by atoms with Crippen LogP contribution in [0.2, 0.25) is 0 Å². The summed E-state index contributed by atoms with van der Waals surface area (Å²) in [5, 5.41) is -0.105. The van der Waals surface area contributed by atoms with Crippen molar-refractivity contribution in [3.63, 3.8) is 0 Å². The van der Waals surface area contributed by atoms with Crippen molar-refractivity contribution in [3.05, 3.63) is 0 Å². The molecule has 0 spiro atoms. The highest BCUT2D eigenvalue weighted by Gasteiger charge is 2.30. The zero-order valence-electron chi connectivity index (χ0n) is 11.3. The maximum Gasteiger partial charge on any atom is 0.167 e. The summed E-state index contributed by atoms with van der Waals surface area (Å²) in [7, 11) is 13.6. The lowest BCUT2D eigenvalue weighted by molar-refractivity contribution is 0.465. The quantitative estimate of drug-likeness (QED) is 0.716. The summed E-state index contributed by atoms with van der Waals surface area (Å²) >= 11 is 0. The molecule has 0 heterocycles. The molecule has 1 atom stereocenters. The first kappa shape index (κ1) is 15.5. The Labute approximate surface area is 97.4 Å². The van der Waals surface area contributed by atoms with E-state index in [-0.39, 0.29) is 5.28 Å². The Bertz CT molecular complexity index is 225. The van der Waals surface area contributed by atoms with Crippen LogP contribution in [0.1, 0.15) is 13.8 Å². The summed E-state index contributed by atoms with van der Waals surface area (Å²) in [5.41, 5.74) is 0. The van der Waals surface area contributed by atoms with E-state index in [1.165, 1.54) is 0 Å². The van der Waals surface area contributed by atoms with Gasteiger partial charge in [0.25, 0.3) is 0 Å². The van der Waals surface area contributed by atoms with Crippen molar-refractivity contribution in [1.82, 2.24) is 14.0 Å². The second-order valence-electron chi connectivity index (χ2n) is 4.83. The van der Waals surface area contributed by atoms with Crippen LogP contribution in [0.3, 0.4) is 0 Å². The molecular formula is C9H26N4P2. The first-order chi connectivity index (χ1) is 6.54. The molecule has 0 aromatic heterocycles. The molecule has 0 aliphatic carbocycles. The molecule has 4 nitrogen and oxygen atoms in total. The Morgan fingerprint density at radius 2 is 1.13 bits per heavy atom. The highest BCUT2D eigenvalue weighted by molar-refractivity contribution is 7.59. The zero-order valence-corrected chi connectivity index (χ0v) is 13.4. The van der Waals surface area contributed by atoms with E-state index in [2.05, 4.69) is 79.4 Å². The van der Waals surface area contributed by atoms with Crippen LogP contribution in [0.4, 0.5) is 0 Å². The molecule has 0 aliphatic heterocycles. The van der Waals surface area contributed by atoms with E-state index in [4.69, 9.17) is 4.74 Å². The molecule has 0 radical (unpaired) electrons. The van der Waals surface area contributed by atoms with Gasteiger partial charge in [-0.15, -0.1) is 9.24 Å². The zero-order chi connectivity index (χ0) is 12.4. The third-order valence-electron chi connectivity index (χ3n) is 2.00. The third-order valence-corrected chi connectivity index (χ3v) is 6.35. The third kappa shape index (κ3) is 3.80. The highest BCUT2D eigenvalue weighted by atomic mass is 31.2. The summed E-state index contributed by atoms with van der Waals surface area (Å²) in [5.74, 6) is 0. The molecule has 0 aliphatic rings. The average Bonchev–Trinajstić information content (AvgIpc) is 1.96. The van der Waals surface area contributed by atoms with Gasteiger partial charge in [-0.05, 0) is 56.1 Å². The van der Waals surface area contributed by atoms with Gasteiger partial charge in [-0.1, -0.05) is 0 Å². The normalized spacial score (nSPS) is 14.1. The van der Waals surface area contributed by atoms with Crippen molar-refractivity contribution in [3.8, 4) is 0 Å². The molecule has 1 unspecified atom stereocenters. The topological polar surface area (TPSA) is 22.1 Å². The molecule has 0 amide bonds. The molecule has 92 valence electrons. The van der Waals surface area contributed by atoms with E-state index in [1.807, 2.05) is 0 Å². The molecule has 0 rings (SSSR count). The molecule has 0 saturated heterocycles. The van der Waals surface area contributed by atoms with Crippen molar-refractivity contribution in [2.45, 2.75) is 19.1 Å². The van der Waals surface area contributed by atoms with E-state index in [0.29, 0.717) is 0 Å². The lowest BCUT2D eigenvalue weighted by Gasteiger charge is -2.42. The van der Waals surface area contributed by atoms with Gasteiger partial charge in [-0.25, -0.2) is 0 Å². The number of nitrogens with zero attached hydrogens (tertiary/aromatic N) is 4. The maximum atomic E-state index is 4.99. The van der Waals surface area contributed by atoms with Gasteiger partial charge >= 0.3 is 0 Å². The fourth-order valence-corrected chi connectivity index (χ4v) is 5.53. The fraction of sp³-hybridized carbons (Fsp3) is 1.00. The van der Waals surface area contributed by atoms with Crippen LogP contribution >= 0.6 is 16.7 Å². The Morgan fingerprint density at radius 3 is 1.20 bits per heavy atom. The van der Waals surface area contributed by atoms with Crippen LogP contribution in [0.25, 0.3) is 0 Å². The lowest BCUT2D eigenvalue weighted by atomic mass is 10.4. The molecule has 6 heteroatoms. The van der Waals surface area contributed by atoms with E-state index in [0.717, 1.165) is 0 Å². The van der Waals surface area contributed by atoms with Gasteiger partial charge in [0, 0.05) is 0 Å². The van der Waals surface area contributed by atoms with Gasteiger partial charge in [0.05, 0.1) is 5.28 Å². The number of hydrogen-bond acceptors (Lipinski definition) is 1. The molecule has 15 heavy (non-hydrogen) atoms. The SMILES string of the molecule is CN(C)P(=NC(C)(C)P)(N(C)C)N(C)C. The summed E-state index contributed by atoms with van der Waals surface area (Å²) in [6.07, 6.45) is 0. The minimum absolute atomic E-state index is 0.105. The van der Waals surface area contributed by atoms with Crippen LogP contribution in [0.15, 0.2) is 4.74 Å². The monoisotopic (exact) mass is 252 g/mol.